The first-order chi connectivity index (χ1) is 12.9. The molecule has 0 aliphatic carbocycles. The minimum Gasteiger partial charge on any atom is -0.493 e. The van der Waals surface area contributed by atoms with Crippen LogP contribution in [0.1, 0.15) is 19.4 Å². The second-order valence-electron chi connectivity index (χ2n) is 6.17. The molecule has 1 fully saturated rings. The number of carbonyl (C=O) groups excluding carboxylic acids is 2. The van der Waals surface area contributed by atoms with E-state index in [1.807, 2.05) is 19.9 Å². The van der Waals surface area contributed by atoms with E-state index in [4.69, 9.17) is 21.1 Å². The summed E-state index contributed by atoms with van der Waals surface area (Å²) >= 11 is 6.16. The zero-order valence-electron chi connectivity index (χ0n) is 15.2. The highest BCUT2D eigenvalue weighted by Crippen LogP contribution is 2.37. The van der Waals surface area contributed by atoms with Crippen LogP contribution in [0.5, 0.6) is 11.5 Å². The molecule has 2 aromatic carbocycles. The minimum atomic E-state index is -0.502. The number of rotatable bonds is 5. The van der Waals surface area contributed by atoms with Crippen molar-refractivity contribution in [2.45, 2.75) is 20.0 Å². The Morgan fingerprint density at radius 2 is 1.85 bits per heavy atom. The molecule has 2 aromatic rings. The first-order valence-electron chi connectivity index (χ1n) is 8.37. The van der Waals surface area contributed by atoms with Gasteiger partial charge >= 0.3 is 0 Å². The predicted molar refractivity (Wildman–Crippen MR) is 104 cm³/mol. The topological polar surface area (TPSA) is 67.9 Å². The van der Waals surface area contributed by atoms with Crippen molar-refractivity contribution in [3.8, 4) is 11.5 Å². The maximum absolute atomic E-state index is 12.8. The normalized spacial score (nSPS) is 15.4. The number of nitrogens with zero attached hydrogens (tertiary/aromatic N) is 1. The number of methoxy groups -OCH3 is 1. The lowest BCUT2D eigenvalue weighted by atomic mass is 10.1. The van der Waals surface area contributed by atoms with Crippen LogP contribution in [0, 0.1) is 0 Å². The van der Waals surface area contributed by atoms with Gasteiger partial charge in [0.25, 0.3) is 11.8 Å². The zero-order valence-corrected chi connectivity index (χ0v) is 15.9. The van der Waals surface area contributed by atoms with Gasteiger partial charge in [-0.3, -0.25) is 15.0 Å². The molecular formula is C20H19ClN2O4. The number of anilines is 1. The largest absolute Gasteiger partial charge is 0.493 e. The number of hydrogen-bond acceptors (Lipinski definition) is 4. The number of para-hydroxylation sites is 1. The molecular weight excluding hydrogens is 368 g/mol. The van der Waals surface area contributed by atoms with Crippen LogP contribution in [0.3, 0.4) is 0 Å². The van der Waals surface area contributed by atoms with Crippen molar-refractivity contribution in [3.63, 3.8) is 0 Å². The van der Waals surface area contributed by atoms with E-state index >= 15 is 0 Å². The molecule has 7 heteroatoms. The van der Waals surface area contributed by atoms with Crippen molar-refractivity contribution in [1.82, 2.24) is 5.43 Å². The molecule has 1 N–H and O–H groups in total. The van der Waals surface area contributed by atoms with Crippen LogP contribution in [0.4, 0.5) is 5.69 Å². The fourth-order valence-electron chi connectivity index (χ4n) is 2.68. The number of amides is 2. The maximum Gasteiger partial charge on any atom is 0.282 e. The van der Waals surface area contributed by atoms with E-state index in [0.717, 1.165) is 0 Å². The number of ether oxygens (including phenoxy) is 2. The Bertz CT molecular complexity index is 910. The van der Waals surface area contributed by atoms with E-state index in [2.05, 4.69) is 5.43 Å². The molecule has 3 rings (SSSR count). The van der Waals surface area contributed by atoms with Gasteiger partial charge in [0, 0.05) is 16.7 Å². The van der Waals surface area contributed by atoms with Crippen LogP contribution in [0.2, 0.25) is 5.02 Å². The second-order valence-corrected chi connectivity index (χ2v) is 6.60. The van der Waals surface area contributed by atoms with Crippen LogP contribution < -0.4 is 19.9 Å². The van der Waals surface area contributed by atoms with Gasteiger partial charge in [-0.05, 0) is 38.1 Å². The molecule has 140 valence electrons. The molecule has 6 nitrogen and oxygen atoms in total. The Kier molecular flexibility index (Phi) is 5.37. The van der Waals surface area contributed by atoms with Crippen molar-refractivity contribution in [2.24, 2.45) is 0 Å². The molecule has 0 bridgehead atoms. The van der Waals surface area contributed by atoms with E-state index in [1.54, 1.807) is 36.4 Å². The number of hydrogen-bond donors (Lipinski definition) is 1. The third-order valence-corrected chi connectivity index (χ3v) is 4.05. The summed E-state index contributed by atoms with van der Waals surface area (Å²) in [6, 6.07) is 12.1. The van der Waals surface area contributed by atoms with Crippen molar-refractivity contribution in [1.29, 1.82) is 0 Å². The SMILES string of the molecule is COc1cc(Cl)cc(/C=C2/C(=O)NN(c3ccccc3)C2=O)c1OC(C)C. The van der Waals surface area contributed by atoms with Crippen molar-refractivity contribution in [2.75, 3.05) is 12.1 Å². The average Bonchev–Trinajstić information content (AvgIpc) is 2.92. The van der Waals surface area contributed by atoms with Crippen molar-refractivity contribution in [3.05, 3.63) is 58.6 Å². The van der Waals surface area contributed by atoms with Crippen molar-refractivity contribution < 1.29 is 19.1 Å². The van der Waals surface area contributed by atoms with Crippen LogP contribution in [-0.4, -0.2) is 25.0 Å². The van der Waals surface area contributed by atoms with Crippen LogP contribution in [0.25, 0.3) is 6.08 Å². The number of halogens is 1. The van der Waals surface area contributed by atoms with Crippen LogP contribution in [0.15, 0.2) is 48.0 Å². The summed E-state index contributed by atoms with van der Waals surface area (Å²) in [5.74, 6) is -0.115. The Morgan fingerprint density at radius 3 is 2.48 bits per heavy atom. The highest BCUT2D eigenvalue weighted by atomic mass is 35.5. The lowest BCUT2D eigenvalue weighted by molar-refractivity contribution is -0.117. The lowest BCUT2D eigenvalue weighted by Gasteiger charge is -2.16. The first kappa shape index (κ1) is 18.8. The minimum absolute atomic E-state index is 0.0169. The van der Waals surface area contributed by atoms with Gasteiger partial charge in [0.05, 0.1) is 18.9 Å². The molecule has 0 unspecified atom stereocenters. The summed E-state index contributed by atoms with van der Waals surface area (Å²) in [5.41, 5.74) is 3.61. The van der Waals surface area contributed by atoms with Crippen LogP contribution >= 0.6 is 11.6 Å². The fourth-order valence-corrected chi connectivity index (χ4v) is 2.90. The monoisotopic (exact) mass is 386 g/mol. The van der Waals surface area contributed by atoms with Gasteiger partial charge in [-0.2, -0.15) is 0 Å². The molecule has 1 saturated heterocycles. The van der Waals surface area contributed by atoms with E-state index < -0.39 is 11.8 Å². The molecule has 1 heterocycles. The molecule has 27 heavy (non-hydrogen) atoms. The van der Waals surface area contributed by atoms with E-state index in [0.29, 0.717) is 27.8 Å². The molecule has 1 aliphatic rings. The summed E-state index contributed by atoms with van der Waals surface area (Å²) in [4.78, 5) is 25.2. The summed E-state index contributed by atoms with van der Waals surface area (Å²) < 4.78 is 11.2. The van der Waals surface area contributed by atoms with E-state index in [9.17, 15) is 9.59 Å². The summed E-state index contributed by atoms with van der Waals surface area (Å²) in [5, 5.41) is 1.61. The summed E-state index contributed by atoms with van der Waals surface area (Å²) in [6.07, 6.45) is 1.33. The summed E-state index contributed by atoms with van der Waals surface area (Å²) in [7, 11) is 1.50. The third kappa shape index (κ3) is 3.90. The standard InChI is InChI=1S/C20H19ClN2O4/c1-12(2)27-18-13(9-14(21)11-17(18)26-3)10-16-19(24)22-23(20(16)25)15-7-5-4-6-8-15/h4-12H,1-3H3,(H,22,24)/b16-10-. The van der Waals surface area contributed by atoms with E-state index in [1.165, 1.54) is 18.2 Å². The van der Waals surface area contributed by atoms with Crippen LogP contribution in [-0.2, 0) is 9.59 Å². The quantitative estimate of drug-likeness (QED) is 0.629. The molecule has 2 amide bonds. The van der Waals surface area contributed by atoms with Gasteiger partial charge in [-0.1, -0.05) is 29.8 Å². The lowest BCUT2D eigenvalue weighted by Crippen LogP contribution is -2.35. The Balaban J connectivity index is 2.04. The highest BCUT2D eigenvalue weighted by Gasteiger charge is 2.34. The van der Waals surface area contributed by atoms with E-state index in [-0.39, 0.29) is 11.7 Å². The van der Waals surface area contributed by atoms with Gasteiger partial charge in [0.1, 0.15) is 5.57 Å². The molecule has 0 atom stereocenters. The number of hydrazine groups is 1. The Morgan fingerprint density at radius 1 is 1.15 bits per heavy atom. The van der Waals surface area contributed by atoms with Gasteiger partial charge < -0.3 is 9.47 Å². The van der Waals surface area contributed by atoms with Crippen molar-refractivity contribution >= 4 is 35.2 Å². The maximum atomic E-state index is 12.8. The number of carbonyl (C=O) groups is 2. The molecule has 1 aliphatic heterocycles. The van der Waals surface area contributed by atoms with Gasteiger partial charge in [-0.15, -0.1) is 0 Å². The first-order valence-corrected chi connectivity index (χ1v) is 8.75. The smallest absolute Gasteiger partial charge is 0.282 e. The molecule has 0 spiro atoms. The van der Waals surface area contributed by atoms with Gasteiger partial charge in [0.2, 0.25) is 0 Å². The van der Waals surface area contributed by atoms with Gasteiger partial charge in [0.15, 0.2) is 11.5 Å². The Labute approximate surface area is 162 Å². The predicted octanol–water partition coefficient (Wildman–Crippen LogP) is 3.60. The molecule has 0 radical (unpaired) electrons. The number of nitrogens with one attached hydrogen (secondary N) is 1. The second kappa shape index (κ2) is 7.72. The Hall–Kier alpha value is -2.99. The average molecular weight is 387 g/mol. The number of benzene rings is 2. The molecule has 0 saturated carbocycles. The zero-order chi connectivity index (χ0) is 19.6. The summed E-state index contributed by atoms with van der Waals surface area (Å²) in [6.45, 7) is 3.74. The fraction of sp³-hybridized carbons (Fsp3) is 0.200. The van der Waals surface area contributed by atoms with Gasteiger partial charge in [-0.25, -0.2) is 5.01 Å². The third-order valence-electron chi connectivity index (χ3n) is 3.83. The molecule has 0 aromatic heterocycles. The highest BCUT2D eigenvalue weighted by molar-refractivity contribution is 6.32.